The number of carbonyl (C=O) groups is 2. The molecular weight excluding hydrogens is 369 g/mol. The molecule has 1 amide bonds. The van der Waals surface area contributed by atoms with Gasteiger partial charge in [0.2, 0.25) is 0 Å². The molecule has 0 saturated carbocycles. The lowest BCUT2D eigenvalue weighted by atomic mass is 10.1. The number of likely N-dealkylation sites (tertiary alicyclic amines) is 1. The van der Waals surface area contributed by atoms with Crippen molar-refractivity contribution in [2.24, 2.45) is 0 Å². The minimum Gasteiger partial charge on any atom is -0.491 e. The fourth-order valence-corrected chi connectivity index (χ4v) is 2.79. The molecule has 1 saturated heterocycles. The molecule has 8 heteroatoms. The Bertz CT molecular complexity index is 680. The first kappa shape index (κ1) is 21.8. The van der Waals surface area contributed by atoms with Crippen molar-refractivity contribution >= 4 is 12.1 Å². The Balaban J connectivity index is 2.02. The standard InChI is InChI=1S/C20H28FNO6/c1-20(2,3)28-19(24)22-10-7-14(8-11-22)27-17-13-15(26-12-9-21)5-6-16(17)18(23)25-4/h5-6,13-14H,7-12H2,1-4H3. The summed E-state index contributed by atoms with van der Waals surface area (Å²) in [5.41, 5.74) is -0.274. The lowest BCUT2D eigenvalue weighted by molar-refractivity contribution is 0.0126. The molecule has 0 spiro atoms. The van der Waals surface area contributed by atoms with E-state index in [0.29, 0.717) is 37.4 Å². The van der Waals surface area contributed by atoms with Crippen LogP contribution in [0.2, 0.25) is 0 Å². The van der Waals surface area contributed by atoms with Gasteiger partial charge in [-0.3, -0.25) is 0 Å². The van der Waals surface area contributed by atoms with Crippen molar-refractivity contribution < 1.29 is 32.9 Å². The van der Waals surface area contributed by atoms with Crippen LogP contribution >= 0.6 is 0 Å². The summed E-state index contributed by atoms with van der Waals surface area (Å²) in [4.78, 5) is 25.8. The zero-order valence-corrected chi connectivity index (χ0v) is 16.8. The Hall–Kier alpha value is -2.51. The lowest BCUT2D eigenvalue weighted by Gasteiger charge is -2.33. The van der Waals surface area contributed by atoms with Gasteiger partial charge in [0, 0.05) is 32.0 Å². The summed E-state index contributed by atoms with van der Waals surface area (Å²) in [5, 5.41) is 0. The summed E-state index contributed by atoms with van der Waals surface area (Å²) in [6.07, 6.45) is 0.659. The molecule has 0 radical (unpaired) electrons. The number of hydrogen-bond donors (Lipinski definition) is 0. The molecule has 156 valence electrons. The van der Waals surface area contributed by atoms with Crippen LogP contribution < -0.4 is 9.47 Å². The van der Waals surface area contributed by atoms with Crippen molar-refractivity contribution in [3.8, 4) is 11.5 Å². The van der Waals surface area contributed by atoms with Crippen molar-refractivity contribution in [1.82, 2.24) is 4.90 Å². The molecule has 0 atom stereocenters. The van der Waals surface area contributed by atoms with E-state index in [-0.39, 0.29) is 24.4 Å². The second-order valence-electron chi connectivity index (χ2n) is 7.47. The van der Waals surface area contributed by atoms with Crippen LogP contribution in [0.3, 0.4) is 0 Å². The van der Waals surface area contributed by atoms with Crippen LogP contribution in [0.4, 0.5) is 9.18 Å². The van der Waals surface area contributed by atoms with Gasteiger partial charge in [0.25, 0.3) is 0 Å². The average molecular weight is 397 g/mol. The van der Waals surface area contributed by atoms with Crippen LogP contribution in [0.5, 0.6) is 11.5 Å². The zero-order valence-electron chi connectivity index (χ0n) is 16.8. The Kier molecular flexibility index (Phi) is 7.48. The highest BCUT2D eigenvalue weighted by molar-refractivity contribution is 5.92. The first-order valence-electron chi connectivity index (χ1n) is 9.29. The van der Waals surface area contributed by atoms with Crippen LogP contribution in [0.25, 0.3) is 0 Å². The van der Waals surface area contributed by atoms with Gasteiger partial charge in [-0.25, -0.2) is 14.0 Å². The molecule has 0 unspecified atom stereocenters. The summed E-state index contributed by atoms with van der Waals surface area (Å²) in [6.45, 7) is 5.77. The molecule has 1 fully saturated rings. The molecule has 0 aromatic heterocycles. The van der Waals surface area contributed by atoms with Gasteiger partial charge >= 0.3 is 12.1 Å². The van der Waals surface area contributed by atoms with Crippen LogP contribution in [-0.4, -0.2) is 62.1 Å². The van der Waals surface area contributed by atoms with Crippen molar-refractivity contribution in [3.05, 3.63) is 23.8 Å². The first-order chi connectivity index (χ1) is 13.2. The molecule has 2 rings (SSSR count). The number of methoxy groups -OCH3 is 1. The van der Waals surface area contributed by atoms with E-state index >= 15 is 0 Å². The number of rotatable bonds is 6. The monoisotopic (exact) mass is 397 g/mol. The van der Waals surface area contributed by atoms with E-state index in [1.807, 2.05) is 20.8 Å². The number of benzene rings is 1. The van der Waals surface area contributed by atoms with Gasteiger partial charge in [0.1, 0.15) is 42.0 Å². The third-order valence-electron chi connectivity index (χ3n) is 4.09. The summed E-state index contributed by atoms with van der Waals surface area (Å²) < 4.78 is 33.8. The highest BCUT2D eigenvalue weighted by atomic mass is 19.1. The number of carbonyl (C=O) groups excluding carboxylic acids is 2. The smallest absolute Gasteiger partial charge is 0.410 e. The molecule has 1 aliphatic rings. The van der Waals surface area contributed by atoms with Crippen LogP contribution in [-0.2, 0) is 9.47 Å². The Morgan fingerprint density at radius 2 is 1.89 bits per heavy atom. The van der Waals surface area contributed by atoms with Crippen molar-refractivity contribution in [2.75, 3.05) is 33.5 Å². The van der Waals surface area contributed by atoms with E-state index in [2.05, 4.69) is 0 Å². The Morgan fingerprint density at radius 3 is 2.46 bits per heavy atom. The lowest BCUT2D eigenvalue weighted by Crippen LogP contribution is -2.44. The molecule has 7 nitrogen and oxygen atoms in total. The van der Waals surface area contributed by atoms with E-state index in [4.69, 9.17) is 18.9 Å². The van der Waals surface area contributed by atoms with Gasteiger partial charge in [-0.15, -0.1) is 0 Å². The highest BCUT2D eigenvalue weighted by Crippen LogP contribution is 2.29. The van der Waals surface area contributed by atoms with Gasteiger partial charge in [-0.05, 0) is 32.9 Å². The molecule has 1 aromatic carbocycles. The van der Waals surface area contributed by atoms with Crippen LogP contribution in [0.1, 0.15) is 44.0 Å². The van der Waals surface area contributed by atoms with Gasteiger partial charge in [0.05, 0.1) is 7.11 Å². The van der Waals surface area contributed by atoms with E-state index < -0.39 is 18.2 Å². The molecule has 0 N–H and O–H groups in total. The van der Waals surface area contributed by atoms with E-state index in [1.54, 1.807) is 17.0 Å². The number of ether oxygens (including phenoxy) is 4. The third kappa shape index (κ3) is 6.28. The normalized spacial score (nSPS) is 15.1. The SMILES string of the molecule is COC(=O)c1ccc(OCCF)cc1OC1CCN(C(=O)OC(C)(C)C)CC1. The second-order valence-corrected chi connectivity index (χ2v) is 7.47. The molecule has 1 aromatic rings. The van der Waals surface area contributed by atoms with E-state index in [9.17, 15) is 14.0 Å². The van der Waals surface area contributed by atoms with Crippen LogP contribution in [0, 0.1) is 0 Å². The molecule has 0 aliphatic carbocycles. The first-order valence-corrected chi connectivity index (χ1v) is 9.29. The van der Waals surface area contributed by atoms with Gasteiger partial charge < -0.3 is 23.8 Å². The van der Waals surface area contributed by atoms with Crippen molar-refractivity contribution in [1.29, 1.82) is 0 Å². The quantitative estimate of drug-likeness (QED) is 0.683. The van der Waals surface area contributed by atoms with Crippen molar-refractivity contribution in [2.45, 2.75) is 45.3 Å². The number of alkyl halides is 1. The third-order valence-corrected chi connectivity index (χ3v) is 4.09. The second kappa shape index (κ2) is 9.61. The van der Waals surface area contributed by atoms with Crippen LogP contribution in [0.15, 0.2) is 18.2 Å². The summed E-state index contributed by atoms with van der Waals surface area (Å²) in [7, 11) is 1.29. The van der Waals surface area contributed by atoms with Crippen molar-refractivity contribution in [3.63, 3.8) is 0 Å². The Morgan fingerprint density at radius 1 is 1.21 bits per heavy atom. The number of hydrogen-bond acceptors (Lipinski definition) is 6. The largest absolute Gasteiger partial charge is 0.491 e. The maximum atomic E-state index is 12.3. The molecule has 0 bridgehead atoms. The van der Waals surface area contributed by atoms with Gasteiger partial charge in [0.15, 0.2) is 0 Å². The van der Waals surface area contributed by atoms with Gasteiger partial charge in [-0.1, -0.05) is 0 Å². The molecular formula is C20H28FNO6. The van der Waals surface area contributed by atoms with E-state index in [1.165, 1.54) is 13.2 Å². The number of esters is 1. The minimum absolute atomic E-state index is 0.0781. The molecule has 1 heterocycles. The predicted molar refractivity (Wildman–Crippen MR) is 101 cm³/mol. The Labute approximate surface area is 164 Å². The fourth-order valence-electron chi connectivity index (χ4n) is 2.79. The number of nitrogens with zero attached hydrogens (tertiary/aromatic N) is 1. The van der Waals surface area contributed by atoms with E-state index in [0.717, 1.165) is 0 Å². The number of piperidine rings is 1. The minimum atomic E-state index is -0.613. The highest BCUT2D eigenvalue weighted by Gasteiger charge is 2.28. The maximum Gasteiger partial charge on any atom is 0.410 e. The average Bonchev–Trinajstić information content (AvgIpc) is 2.65. The summed E-state index contributed by atoms with van der Waals surface area (Å²) in [5.74, 6) is 0.198. The topological polar surface area (TPSA) is 74.3 Å². The number of halogens is 1. The zero-order chi connectivity index (χ0) is 20.7. The van der Waals surface area contributed by atoms with Gasteiger partial charge in [-0.2, -0.15) is 0 Å². The number of amides is 1. The summed E-state index contributed by atoms with van der Waals surface area (Å²) >= 11 is 0. The predicted octanol–water partition coefficient (Wildman–Crippen LogP) is 3.60. The fraction of sp³-hybridized carbons (Fsp3) is 0.600. The maximum absolute atomic E-state index is 12.3. The molecule has 28 heavy (non-hydrogen) atoms. The summed E-state index contributed by atoms with van der Waals surface area (Å²) in [6, 6.07) is 4.66. The molecule has 1 aliphatic heterocycles.